The highest BCUT2D eigenvalue weighted by atomic mass is 32.2. The maximum absolute atomic E-state index is 12.8. The number of hydrogen-bond donors (Lipinski definition) is 3. The van der Waals surface area contributed by atoms with Crippen LogP contribution in [0.5, 0.6) is 11.5 Å². The van der Waals surface area contributed by atoms with E-state index in [4.69, 9.17) is 21.7 Å². The fourth-order valence-corrected chi connectivity index (χ4v) is 4.14. The maximum atomic E-state index is 12.8. The quantitative estimate of drug-likeness (QED) is 0.272. The molecule has 3 N–H and O–H groups in total. The molecule has 0 bridgehead atoms. The Morgan fingerprint density at radius 3 is 2.33 bits per heavy atom. The SMILES string of the molecule is COc1ccc(OC)c(NC(=O)C(C)Sc2cccc(NC(=S)Nc3ccc(C)cc3)c2)c1. The van der Waals surface area contributed by atoms with E-state index < -0.39 is 0 Å². The Bertz CT molecular complexity index is 1120. The van der Waals surface area contributed by atoms with E-state index in [0.717, 1.165) is 16.3 Å². The monoisotopic (exact) mass is 481 g/mol. The van der Waals surface area contributed by atoms with Crippen molar-refractivity contribution in [1.82, 2.24) is 0 Å². The van der Waals surface area contributed by atoms with Gasteiger partial charge in [-0.3, -0.25) is 4.79 Å². The Morgan fingerprint density at radius 1 is 0.909 bits per heavy atom. The molecule has 1 atom stereocenters. The molecule has 3 aromatic rings. The molecule has 1 unspecified atom stereocenters. The molecule has 0 aliphatic rings. The van der Waals surface area contributed by atoms with Crippen LogP contribution in [0.1, 0.15) is 12.5 Å². The zero-order chi connectivity index (χ0) is 23.8. The zero-order valence-electron chi connectivity index (χ0n) is 19.0. The molecule has 0 aliphatic carbocycles. The highest BCUT2D eigenvalue weighted by Gasteiger charge is 2.17. The summed E-state index contributed by atoms with van der Waals surface area (Å²) in [6.45, 7) is 3.90. The molecule has 172 valence electrons. The van der Waals surface area contributed by atoms with Crippen molar-refractivity contribution in [3.8, 4) is 11.5 Å². The van der Waals surface area contributed by atoms with Gasteiger partial charge in [0.1, 0.15) is 11.5 Å². The van der Waals surface area contributed by atoms with Crippen LogP contribution in [0.2, 0.25) is 0 Å². The minimum absolute atomic E-state index is 0.138. The molecule has 8 heteroatoms. The van der Waals surface area contributed by atoms with Crippen molar-refractivity contribution >= 4 is 52.1 Å². The van der Waals surface area contributed by atoms with Crippen LogP contribution in [-0.2, 0) is 4.79 Å². The number of ether oxygens (including phenoxy) is 2. The number of thioether (sulfide) groups is 1. The summed E-state index contributed by atoms with van der Waals surface area (Å²) in [5, 5.41) is 9.44. The van der Waals surface area contributed by atoms with E-state index in [-0.39, 0.29) is 11.2 Å². The second-order valence-corrected chi connectivity index (χ2v) is 9.11. The van der Waals surface area contributed by atoms with Gasteiger partial charge in [0.05, 0.1) is 25.2 Å². The lowest BCUT2D eigenvalue weighted by Crippen LogP contribution is -2.22. The summed E-state index contributed by atoms with van der Waals surface area (Å²) in [7, 11) is 3.14. The molecule has 33 heavy (non-hydrogen) atoms. The van der Waals surface area contributed by atoms with E-state index in [1.54, 1.807) is 32.4 Å². The average Bonchev–Trinajstić information content (AvgIpc) is 2.80. The van der Waals surface area contributed by atoms with Crippen LogP contribution >= 0.6 is 24.0 Å². The van der Waals surface area contributed by atoms with Gasteiger partial charge < -0.3 is 25.4 Å². The van der Waals surface area contributed by atoms with Crippen molar-refractivity contribution in [1.29, 1.82) is 0 Å². The Labute approximate surface area is 204 Å². The Hall–Kier alpha value is -3.23. The highest BCUT2D eigenvalue weighted by molar-refractivity contribution is 8.00. The van der Waals surface area contributed by atoms with Crippen molar-refractivity contribution in [3.63, 3.8) is 0 Å². The van der Waals surface area contributed by atoms with E-state index in [1.165, 1.54) is 17.3 Å². The average molecular weight is 482 g/mol. The fraction of sp³-hybridized carbons (Fsp3) is 0.200. The normalized spacial score (nSPS) is 11.3. The van der Waals surface area contributed by atoms with Gasteiger partial charge in [0, 0.05) is 22.3 Å². The minimum Gasteiger partial charge on any atom is -0.497 e. The molecule has 0 radical (unpaired) electrons. The van der Waals surface area contributed by atoms with E-state index >= 15 is 0 Å². The number of aryl methyl sites for hydroxylation is 1. The summed E-state index contributed by atoms with van der Waals surface area (Å²) in [4.78, 5) is 13.7. The van der Waals surface area contributed by atoms with Gasteiger partial charge in [0.25, 0.3) is 0 Å². The first kappa shape index (κ1) is 24.4. The smallest absolute Gasteiger partial charge is 0.237 e. The van der Waals surface area contributed by atoms with Crippen LogP contribution < -0.4 is 25.4 Å². The van der Waals surface area contributed by atoms with Gasteiger partial charge in [0.2, 0.25) is 5.91 Å². The third kappa shape index (κ3) is 7.13. The molecule has 0 saturated heterocycles. The molecular weight excluding hydrogens is 454 g/mol. The van der Waals surface area contributed by atoms with E-state index in [1.807, 2.05) is 62.4 Å². The first-order valence-corrected chi connectivity index (χ1v) is 11.6. The minimum atomic E-state index is -0.339. The molecule has 6 nitrogen and oxygen atoms in total. The number of thiocarbonyl (C=S) groups is 1. The molecule has 3 aromatic carbocycles. The summed E-state index contributed by atoms with van der Waals surface area (Å²) in [6.07, 6.45) is 0. The molecule has 3 rings (SSSR count). The van der Waals surface area contributed by atoms with Crippen LogP contribution in [0, 0.1) is 6.92 Å². The molecule has 1 amide bonds. The summed E-state index contributed by atoms with van der Waals surface area (Å²) < 4.78 is 10.6. The van der Waals surface area contributed by atoms with Gasteiger partial charge >= 0.3 is 0 Å². The molecule has 0 aliphatic heterocycles. The lowest BCUT2D eigenvalue weighted by atomic mass is 10.2. The topological polar surface area (TPSA) is 71.6 Å². The van der Waals surface area contributed by atoms with Crippen LogP contribution in [0.4, 0.5) is 17.1 Å². The molecule has 0 aromatic heterocycles. The van der Waals surface area contributed by atoms with Gasteiger partial charge in [-0.2, -0.15) is 0 Å². The standard InChI is InChI=1S/C25H27N3O3S2/c1-16-8-10-18(11-9-16)26-25(32)27-19-6-5-7-21(14-19)33-17(2)24(29)28-22-15-20(30-3)12-13-23(22)31-4/h5-15,17H,1-4H3,(H,28,29)(H2,26,27,32). The number of amides is 1. The zero-order valence-corrected chi connectivity index (χ0v) is 20.6. The maximum Gasteiger partial charge on any atom is 0.237 e. The van der Waals surface area contributed by atoms with Crippen molar-refractivity contribution in [2.75, 3.05) is 30.2 Å². The number of nitrogens with one attached hydrogen (secondary N) is 3. The predicted molar refractivity (Wildman–Crippen MR) is 141 cm³/mol. The number of carbonyl (C=O) groups is 1. The van der Waals surface area contributed by atoms with Crippen molar-refractivity contribution in [3.05, 3.63) is 72.3 Å². The third-order valence-electron chi connectivity index (χ3n) is 4.75. The summed E-state index contributed by atoms with van der Waals surface area (Å²) in [5.74, 6) is 1.07. The van der Waals surface area contributed by atoms with Crippen LogP contribution in [0.3, 0.4) is 0 Å². The van der Waals surface area contributed by atoms with Crippen molar-refractivity contribution in [2.24, 2.45) is 0 Å². The summed E-state index contributed by atoms with van der Waals surface area (Å²) in [6, 6.07) is 21.1. The van der Waals surface area contributed by atoms with Crippen LogP contribution in [-0.4, -0.2) is 30.5 Å². The molecule has 0 spiro atoms. The number of benzene rings is 3. The number of rotatable bonds is 8. The fourth-order valence-electron chi connectivity index (χ4n) is 2.98. The van der Waals surface area contributed by atoms with Gasteiger partial charge in [-0.1, -0.05) is 23.8 Å². The van der Waals surface area contributed by atoms with Gasteiger partial charge in [0.15, 0.2) is 5.11 Å². The Balaban J connectivity index is 1.60. The van der Waals surface area contributed by atoms with E-state index in [9.17, 15) is 4.79 Å². The number of methoxy groups -OCH3 is 2. The van der Waals surface area contributed by atoms with Crippen LogP contribution in [0.15, 0.2) is 71.6 Å². The van der Waals surface area contributed by atoms with Gasteiger partial charge in [-0.15, -0.1) is 11.8 Å². The Kier molecular flexibility index (Phi) is 8.57. The molecule has 0 heterocycles. The molecule has 0 saturated carbocycles. The van der Waals surface area contributed by atoms with Crippen molar-refractivity contribution < 1.29 is 14.3 Å². The first-order chi connectivity index (χ1) is 15.9. The molecular formula is C25H27N3O3S2. The Morgan fingerprint density at radius 2 is 1.64 bits per heavy atom. The van der Waals surface area contributed by atoms with E-state index in [2.05, 4.69) is 16.0 Å². The number of anilines is 3. The lowest BCUT2D eigenvalue weighted by molar-refractivity contribution is -0.115. The second-order valence-electron chi connectivity index (χ2n) is 7.29. The number of carbonyl (C=O) groups excluding carboxylic acids is 1. The first-order valence-electron chi connectivity index (χ1n) is 10.3. The van der Waals surface area contributed by atoms with Gasteiger partial charge in [-0.25, -0.2) is 0 Å². The highest BCUT2D eigenvalue weighted by Crippen LogP contribution is 2.31. The predicted octanol–water partition coefficient (Wildman–Crippen LogP) is 5.94. The summed E-state index contributed by atoms with van der Waals surface area (Å²) >= 11 is 6.88. The van der Waals surface area contributed by atoms with Crippen LogP contribution in [0.25, 0.3) is 0 Å². The molecule has 0 fully saturated rings. The summed E-state index contributed by atoms with van der Waals surface area (Å²) in [5.41, 5.74) is 3.51. The third-order valence-corrected chi connectivity index (χ3v) is 6.05. The number of hydrogen-bond acceptors (Lipinski definition) is 5. The van der Waals surface area contributed by atoms with Crippen molar-refractivity contribution in [2.45, 2.75) is 24.0 Å². The van der Waals surface area contributed by atoms with E-state index in [0.29, 0.717) is 22.3 Å². The lowest BCUT2D eigenvalue weighted by Gasteiger charge is -2.16. The largest absolute Gasteiger partial charge is 0.497 e. The second kappa shape index (κ2) is 11.6. The van der Waals surface area contributed by atoms with Gasteiger partial charge in [-0.05, 0) is 68.5 Å².